The lowest BCUT2D eigenvalue weighted by molar-refractivity contribution is -0.121. The monoisotopic (exact) mass is 709 g/mol. The van der Waals surface area contributed by atoms with E-state index in [-0.39, 0.29) is 30.5 Å². The molecule has 4 amide bonds. The van der Waals surface area contributed by atoms with E-state index >= 15 is 0 Å². The fourth-order valence-corrected chi connectivity index (χ4v) is 6.26. The maximum atomic E-state index is 13.6. The Morgan fingerprint density at radius 3 is 2.08 bits per heavy atom. The summed E-state index contributed by atoms with van der Waals surface area (Å²) in [5.74, 6) is -1.21. The maximum absolute atomic E-state index is 13.6. The summed E-state index contributed by atoms with van der Waals surface area (Å²) < 4.78 is 21.3. The first-order chi connectivity index (χ1) is 24.6. The molecule has 13 heteroatoms. The number of benzene rings is 4. The molecule has 0 spiro atoms. The van der Waals surface area contributed by atoms with Gasteiger partial charge in [-0.3, -0.25) is 19.2 Å². The average Bonchev–Trinajstić information content (AvgIpc) is 3.43. The van der Waals surface area contributed by atoms with Crippen molar-refractivity contribution in [2.45, 2.75) is 23.5 Å². The van der Waals surface area contributed by atoms with Gasteiger partial charge in [-0.25, -0.2) is 9.69 Å². The van der Waals surface area contributed by atoms with E-state index in [1.807, 2.05) is 0 Å². The highest BCUT2D eigenvalue weighted by molar-refractivity contribution is 8.00. The Bertz CT molecular complexity index is 1940. The quantitative estimate of drug-likeness (QED) is 0.100. The van der Waals surface area contributed by atoms with Crippen molar-refractivity contribution in [1.29, 1.82) is 0 Å². The van der Waals surface area contributed by atoms with Gasteiger partial charge in [-0.15, -0.1) is 11.8 Å². The van der Waals surface area contributed by atoms with Crippen LogP contribution in [0, 0.1) is 0 Å². The van der Waals surface area contributed by atoms with Crippen LogP contribution < -0.4 is 29.7 Å². The lowest BCUT2D eigenvalue weighted by Gasteiger charge is -2.15. The normalized spacial score (nSPS) is 14.2. The highest BCUT2D eigenvalue weighted by Crippen LogP contribution is 2.39. The first-order valence-corrected chi connectivity index (χ1v) is 16.6. The second-order valence-corrected chi connectivity index (χ2v) is 12.2. The molecule has 4 aromatic rings. The molecule has 262 valence electrons. The molecule has 0 aromatic heterocycles. The molecule has 1 atom stereocenters. The van der Waals surface area contributed by atoms with Crippen LogP contribution >= 0.6 is 11.8 Å². The number of nitrogens with zero attached hydrogens (tertiary/aromatic N) is 1. The molecule has 0 radical (unpaired) electrons. The standard InChI is InChI=1S/C38H35N3O9S/c1-5-50-38(46)25-11-15-27(16-12-25)41-33(42)22-32(37(41)45)51-28-17-13-26(14-18-28)39-36(44)29(40-35(43)24-9-7-6-8-10-24)19-23-20-30(47-2)34(49-4)31(21-23)48-3/h6-21,32H,5,22H2,1-4H3,(H,39,44)(H,40,43)/b29-19-. The second kappa shape index (κ2) is 16.5. The van der Waals surface area contributed by atoms with Crippen LogP contribution in [-0.4, -0.2) is 62.8 Å². The van der Waals surface area contributed by atoms with Crippen LogP contribution in [0.5, 0.6) is 17.2 Å². The molecular formula is C38H35N3O9S. The minimum atomic E-state index is -0.663. The number of rotatable bonds is 13. The van der Waals surface area contributed by atoms with Gasteiger partial charge in [0.15, 0.2) is 11.5 Å². The summed E-state index contributed by atoms with van der Waals surface area (Å²) in [7, 11) is 4.43. The Labute approximate surface area is 298 Å². The summed E-state index contributed by atoms with van der Waals surface area (Å²) in [5, 5.41) is 4.84. The summed E-state index contributed by atoms with van der Waals surface area (Å²) in [6.45, 7) is 1.94. The van der Waals surface area contributed by atoms with E-state index in [1.54, 1.807) is 85.8 Å². The number of ether oxygens (including phenoxy) is 4. The molecule has 0 saturated carbocycles. The van der Waals surface area contributed by atoms with E-state index in [9.17, 15) is 24.0 Å². The van der Waals surface area contributed by atoms with E-state index in [2.05, 4.69) is 10.6 Å². The average molecular weight is 710 g/mol. The third-order valence-electron chi connectivity index (χ3n) is 7.66. The number of thioether (sulfide) groups is 1. The van der Waals surface area contributed by atoms with Gasteiger partial charge in [0.1, 0.15) is 5.70 Å². The molecule has 12 nitrogen and oxygen atoms in total. The number of hydrogen-bond donors (Lipinski definition) is 2. The number of esters is 1. The smallest absolute Gasteiger partial charge is 0.338 e. The molecule has 1 unspecified atom stereocenters. The van der Waals surface area contributed by atoms with E-state index in [0.29, 0.717) is 50.2 Å². The van der Waals surface area contributed by atoms with Crippen molar-refractivity contribution in [2.75, 3.05) is 38.2 Å². The van der Waals surface area contributed by atoms with E-state index in [4.69, 9.17) is 18.9 Å². The number of hydrogen-bond acceptors (Lipinski definition) is 10. The highest BCUT2D eigenvalue weighted by atomic mass is 32.2. The van der Waals surface area contributed by atoms with Gasteiger partial charge < -0.3 is 29.6 Å². The Morgan fingerprint density at radius 1 is 0.843 bits per heavy atom. The van der Waals surface area contributed by atoms with Gasteiger partial charge in [-0.1, -0.05) is 18.2 Å². The molecule has 1 heterocycles. The Balaban J connectivity index is 1.31. The number of amides is 4. The number of anilines is 2. The number of methoxy groups -OCH3 is 3. The van der Waals surface area contributed by atoms with Gasteiger partial charge >= 0.3 is 5.97 Å². The number of imide groups is 1. The minimum Gasteiger partial charge on any atom is -0.493 e. The summed E-state index contributed by atoms with van der Waals surface area (Å²) in [6, 6.07) is 24.6. The molecule has 0 bridgehead atoms. The first-order valence-electron chi connectivity index (χ1n) is 15.8. The molecule has 1 fully saturated rings. The van der Waals surface area contributed by atoms with Gasteiger partial charge in [-0.05, 0) is 91.4 Å². The van der Waals surface area contributed by atoms with Gasteiger partial charge in [-0.2, -0.15) is 0 Å². The largest absolute Gasteiger partial charge is 0.493 e. The predicted molar refractivity (Wildman–Crippen MR) is 192 cm³/mol. The Morgan fingerprint density at radius 2 is 1.49 bits per heavy atom. The van der Waals surface area contributed by atoms with Gasteiger partial charge in [0.25, 0.3) is 11.8 Å². The predicted octanol–water partition coefficient (Wildman–Crippen LogP) is 5.72. The van der Waals surface area contributed by atoms with Crippen molar-refractivity contribution in [3.63, 3.8) is 0 Å². The van der Waals surface area contributed by atoms with Gasteiger partial charge in [0, 0.05) is 22.6 Å². The van der Waals surface area contributed by atoms with E-state index in [0.717, 1.165) is 4.90 Å². The highest BCUT2D eigenvalue weighted by Gasteiger charge is 2.40. The van der Waals surface area contributed by atoms with E-state index in [1.165, 1.54) is 51.3 Å². The zero-order chi connectivity index (χ0) is 36.5. The van der Waals surface area contributed by atoms with Crippen LogP contribution in [0.2, 0.25) is 0 Å². The van der Waals surface area contributed by atoms with Crippen molar-refractivity contribution >= 4 is 58.8 Å². The summed E-state index contributed by atoms with van der Waals surface area (Å²) >= 11 is 1.23. The van der Waals surface area contributed by atoms with Crippen molar-refractivity contribution < 1.29 is 42.9 Å². The fraction of sp³-hybridized carbons (Fsp3) is 0.184. The third kappa shape index (κ3) is 8.57. The van der Waals surface area contributed by atoms with Crippen molar-refractivity contribution in [3.05, 3.63) is 113 Å². The summed E-state index contributed by atoms with van der Waals surface area (Å²) in [6.07, 6.45) is 1.49. The van der Waals surface area contributed by atoms with Crippen LogP contribution in [0.15, 0.2) is 102 Å². The first kappa shape index (κ1) is 36.2. The zero-order valence-electron chi connectivity index (χ0n) is 28.3. The van der Waals surface area contributed by atoms with Crippen molar-refractivity contribution in [1.82, 2.24) is 5.32 Å². The van der Waals surface area contributed by atoms with Crippen molar-refractivity contribution in [3.8, 4) is 17.2 Å². The van der Waals surface area contributed by atoms with Crippen LogP contribution in [0.3, 0.4) is 0 Å². The second-order valence-electron chi connectivity index (χ2n) is 11.0. The number of carbonyl (C=O) groups excluding carboxylic acids is 5. The lowest BCUT2D eigenvalue weighted by Crippen LogP contribution is -2.31. The zero-order valence-corrected chi connectivity index (χ0v) is 29.1. The van der Waals surface area contributed by atoms with Crippen LogP contribution in [0.1, 0.15) is 39.6 Å². The molecule has 1 aliphatic heterocycles. The maximum Gasteiger partial charge on any atom is 0.338 e. The van der Waals surface area contributed by atoms with Gasteiger partial charge in [0.2, 0.25) is 17.6 Å². The minimum absolute atomic E-state index is 0.00217. The molecule has 1 aliphatic rings. The van der Waals surface area contributed by atoms with E-state index < -0.39 is 23.0 Å². The van der Waals surface area contributed by atoms with Crippen molar-refractivity contribution in [2.24, 2.45) is 0 Å². The molecule has 2 N–H and O–H groups in total. The van der Waals surface area contributed by atoms with Crippen LogP contribution in [0.4, 0.5) is 11.4 Å². The number of carbonyl (C=O) groups is 5. The fourth-order valence-electron chi connectivity index (χ4n) is 5.20. The summed E-state index contributed by atoms with van der Waals surface area (Å²) in [4.78, 5) is 66.6. The number of nitrogens with one attached hydrogen (secondary N) is 2. The lowest BCUT2D eigenvalue weighted by atomic mass is 10.1. The molecular weight excluding hydrogens is 674 g/mol. The van der Waals surface area contributed by atoms with Crippen LogP contribution in [-0.2, 0) is 19.1 Å². The molecule has 1 saturated heterocycles. The molecule has 0 aliphatic carbocycles. The molecule has 5 rings (SSSR count). The molecule has 4 aromatic carbocycles. The van der Waals surface area contributed by atoms with Gasteiger partial charge in [0.05, 0.1) is 44.4 Å². The Kier molecular flexibility index (Phi) is 11.7. The summed E-state index contributed by atoms with van der Waals surface area (Å²) in [5.41, 5.74) is 1.91. The van der Waals surface area contributed by atoms with Crippen LogP contribution in [0.25, 0.3) is 6.08 Å². The third-order valence-corrected chi connectivity index (χ3v) is 8.86. The topological polar surface area (TPSA) is 150 Å². The SMILES string of the molecule is CCOC(=O)c1ccc(N2C(=O)CC(Sc3ccc(NC(=O)/C(=C/c4cc(OC)c(OC)c(OC)c4)NC(=O)c4ccccc4)cc3)C2=O)cc1. The molecule has 51 heavy (non-hydrogen) atoms. The Hall–Kier alpha value is -6.08.